The molecule has 0 aliphatic heterocycles. The van der Waals surface area contributed by atoms with Gasteiger partial charge >= 0.3 is 0 Å². The first kappa shape index (κ1) is 14.1. The van der Waals surface area contributed by atoms with Gasteiger partial charge in [-0.3, -0.25) is 9.69 Å². The number of para-hydroxylation sites is 1. The van der Waals surface area contributed by atoms with Gasteiger partial charge in [0.15, 0.2) is 0 Å². The molecule has 3 rings (SSSR count). The summed E-state index contributed by atoms with van der Waals surface area (Å²) in [7, 11) is 0. The van der Waals surface area contributed by atoms with E-state index in [0.717, 1.165) is 29.6 Å². The van der Waals surface area contributed by atoms with E-state index < -0.39 is 0 Å². The lowest BCUT2D eigenvalue weighted by Crippen LogP contribution is -2.41. The highest BCUT2D eigenvalue weighted by atomic mass is 16.2. The monoisotopic (exact) mass is 282 g/mol. The van der Waals surface area contributed by atoms with E-state index >= 15 is 0 Å². The third kappa shape index (κ3) is 2.92. The third-order valence-electron chi connectivity index (χ3n) is 4.34. The first-order valence-corrected chi connectivity index (χ1v) is 7.97. The van der Waals surface area contributed by atoms with Crippen molar-refractivity contribution in [2.24, 2.45) is 0 Å². The number of anilines is 1. The summed E-state index contributed by atoms with van der Waals surface area (Å²) in [5.41, 5.74) is 0.958. The molecule has 3 nitrogen and oxygen atoms in total. The molecule has 1 aromatic carbocycles. The molecule has 110 valence electrons. The summed E-state index contributed by atoms with van der Waals surface area (Å²) in [6, 6.07) is 12.4. The number of benzene rings is 1. The molecule has 1 aromatic heterocycles. The Balaban J connectivity index is 1.98. The zero-order valence-corrected chi connectivity index (χ0v) is 12.6. The molecule has 0 atom stereocenters. The van der Waals surface area contributed by atoms with E-state index in [0.29, 0.717) is 12.5 Å². The van der Waals surface area contributed by atoms with Crippen molar-refractivity contribution in [3.05, 3.63) is 36.4 Å². The number of hydrogen-bond donors (Lipinski definition) is 0. The average Bonchev–Trinajstić information content (AvgIpc) is 2.56. The van der Waals surface area contributed by atoms with E-state index in [1.807, 2.05) is 36.1 Å². The highest BCUT2D eigenvalue weighted by molar-refractivity contribution is 5.94. The molecule has 1 saturated carbocycles. The number of amides is 1. The van der Waals surface area contributed by atoms with Gasteiger partial charge in [-0.05, 0) is 31.0 Å². The smallest absolute Gasteiger partial charge is 0.228 e. The minimum Gasteiger partial charge on any atom is -0.294 e. The van der Waals surface area contributed by atoms with Crippen LogP contribution in [0.15, 0.2) is 36.4 Å². The molecular weight excluding hydrogens is 260 g/mol. The molecule has 0 saturated heterocycles. The Morgan fingerprint density at radius 3 is 2.67 bits per heavy atom. The first-order valence-electron chi connectivity index (χ1n) is 7.97. The van der Waals surface area contributed by atoms with Gasteiger partial charge in [0.1, 0.15) is 5.82 Å². The second-order valence-corrected chi connectivity index (χ2v) is 5.77. The lowest BCUT2D eigenvalue weighted by molar-refractivity contribution is -0.119. The van der Waals surface area contributed by atoms with E-state index in [2.05, 4.69) is 12.1 Å². The van der Waals surface area contributed by atoms with Crippen molar-refractivity contribution in [1.29, 1.82) is 0 Å². The predicted molar refractivity (Wildman–Crippen MR) is 86.4 cm³/mol. The second kappa shape index (κ2) is 6.25. The summed E-state index contributed by atoms with van der Waals surface area (Å²) < 4.78 is 0. The summed E-state index contributed by atoms with van der Waals surface area (Å²) in [6.45, 7) is 1.93. The molecule has 1 aliphatic carbocycles. The van der Waals surface area contributed by atoms with Crippen LogP contribution in [0.3, 0.4) is 0 Å². The molecule has 0 spiro atoms. The maximum absolute atomic E-state index is 12.4. The Labute approximate surface area is 126 Å². The largest absolute Gasteiger partial charge is 0.294 e. The van der Waals surface area contributed by atoms with Gasteiger partial charge in [-0.25, -0.2) is 4.98 Å². The fourth-order valence-electron chi connectivity index (χ4n) is 3.22. The molecule has 0 unspecified atom stereocenters. The molecule has 1 heterocycles. The third-order valence-corrected chi connectivity index (χ3v) is 4.34. The molecule has 2 aromatic rings. The number of pyridine rings is 1. The first-order chi connectivity index (χ1) is 10.3. The number of carbonyl (C=O) groups excluding carboxylic acids is 1. The Hall–Kier alpha value is -1.90. The normalized spacial score (nSPS) is 16.0. The summed E-state index contributed by atoms with van der Waals surface area (Å²) >= 11 is 0. The van der Waals surface area contributed by atoms with Crippen LogP contribution in [-0.4, -0.2) is 16.9 Å². The lowest BCUT2D eigenvalue weighted by Gasteiger charge is -2.33. The quantitative estimate of drug-likeness (QED) is 0.840. The summed E-state index contributed by atoms with van der Waals surface area (Å²) in [5, 5.41) is 1.12. The van der Waals surface area contributed by atoms with Crippen molar-refractivity contribution in [2.75, 3.05) is 4.90 Å². The Kier molecular flexibility index (Phi) is 4.18. The van der Waals surface area contributed by atoms with Gasteiger partial charge in [0, 0.05) is 17.8 Å². The minimum absolute atomic E-state index is 0.185. The highest BCUT2D eigenvalue weighted by Crippen LogP contribution is 2.28. The molecular formula is C18H22N2O. The average molecular weight is 282 g/mol. The second-order valence-electron chi connectivity index (χ2n) is 5.77. The molecule has 3 heteroatoms. The van der Waals surface area contributed by atoms with Crippen molar-refractivity contribution in [1.82, 2.24) is 4.98 Å². The zero-order valence-electron chi connectivity index (χ0n) is 12.6. The van der Waals surface area contributed by atoms with Crippen LogP contribution in [-0.2, 0) is 4.79 Å². The number of fused-ring (bicyclic) bond motifs is 1. The van der Waals surface area contributed by atoms with Gasteiger partial charge in [0.2, 0.25) is 5.91 Å². The molecule has 0 N–H and O–H groups in total. The molecule has 21 heavy (non-hydrogen) atoms. The van der Waals surface area contributed by atoms with Crippen molar-refractivity contribution in [3.63, 3.8) is 0 Å². The minimum atomic E-state index is 0.185. The van der Waals surface area contributed by atoms with Crippen LogP contribution < -0.4 is 4.90 Å². The van der Waals surface area contributed by atoms with Gasteiger partial charge in [-0.2, -0.15) is 0 Å². The zero-order chi connectivity index (χ0) is 14.7. The van der Waals surface area contributed by atoms with E-state index in [9.17, 15) is 4.79 Å². The van der Waals surface area contributed by atoms with Crippen LogP contribution in [0.5, 0.6) is 0 Å². The van der Waals surface area contributed by atoms with Crippen LogP contribution in [0, 0.1) is 0 Å². The van der Waals surface area contributed by atoms with E-state index in [-0.39, 0.29) is 5.91 Å². The number of carbonyl (C=O) groups is 1. The fraction of sp³-hybridized carbons (Fsp3) is 0.444. The van der Waals surface area contributed by atoms with Crippen molar-refractivity contribution in [3.8, 4) is 0 Å². The number of hydrogen-bond acceptors (Lipinski definition) is 2. The summed E-state index contributed by atoms with van der Waals surface area (Å²) in [4.78, 5) is 19.1. The van der Waals surface area contributed by atoms with Gasteiger partial charge < -0.3 is 0 Å². The Bertz CT molecular complexity index is 632. The maximum Gasteiger partial charge on any atom is 0.228 e. The predicted octanol–water partition coefficient (Wildman–Crippen LogP) is 4.31. The number of rotatable bonds is 3. The SMILES string of the molecule is CCC(=O)N(c1ccc2ccccc2n1)C1CCCCC1. The van der Waals surface area contributed by atoms with Gasteiger partial charge in [0.05, 0.1) is 5.52 Å². The highest BCUT2D eigenvalue weighted by Gasteiger charge is 2.26. The molecule has 0 radical (unpaired) electrons. The van der Waals surface area contributed by atoms with Crippen LogP contribution in [0.2, 0.25) is 0 Å². The maximum atomic E-state index is 12.4. The molecule has 1 amide bonds. The summed E-state index contributed by atoms with van der Waals surface area (Å²) in [5.74, 6) is 0.997. The number of nitrogens with zero attached hydrogens (tertiary/aromatic N) is 2. The van der Waals surface area contributed by atoms with E-state index in [4.69, 9.17) is 4.98 Å². The topological polar surface area (TPSA) is 33.2 Å². The van der Waals surface area contributed by atoms with E-state index in [1.165, 1.54) is 19.3 Å². The molecule has 0 bridgehead atoms. The van der Waals surface area contributed by atoms with Crippen LogP contribution in [0.1, 0.15) is 45.4 Å². The van der Waals surface area contributed by atoms with Gasteiger partial charge in [-0.1, -0.05) is 44.4 Å². The van der Waals surface area contributed by atoms with Crippen molar-refractivity contribution in [2.45, 2.75) is 51.5 Å². The molecule has 1 aliphatic rings. The van der Waals surface area contributed by atoms with Crippen molar-refractivity contribution < 1.29 is 4.79 Å². The Morgan fingerprint density at radius 2 is 1.90 bits per heavy atom. The summed E-state index contributed by atoms with van der Waals surface area (Å²) in [6.07, 6.45) is 6.44. The molecule has 1 fully saturated rings. The fourth-order valence-corrected chi connectivity index (χ4v) is 3.22. The van der Waals surface area contributed by atoms with E-state index in [1.54, 1.807) is 0 Å². The van der Waals surface area contributed by atoms with Gasteiger partial charge in [-0.15, -0.1) is 0 Å². The van der Waals surface area contributed by atoms with Crippen molar-refractivity contribution >= 4 is 22.6 Å². The standard InChI is InChI=1S/C18H22N2O/c1-2-18(21)20(15-9-4-3-5-10-15)17-13-12-14-8-6-7-11-16(14)19-17/h6-8,11-13,15H,2-5,9-10H2,1H3. The van der Waals surface area contributed by atoms with Crippen LogP contribution in [0.4, 0.5) is 5.82 Å². The Morgan fingerprint density at radius 1 is 1.14 bits per heavy atom. The lowest BCUT2D eigenvalue weighted by atomic mass is 9.94. The van der Waals surface area contributed by atoms with Crippen LogP contribution >= 0.6 is 0 Å². The van der Waals surface area contributed by atoms with Crippen LogP contribution in [0.25, 0.3) is 10.9 Å². The number of aromatic nitrogens is 1. The van der Waals surface area contributed by atoms with Gasteiger partial charge in [0.25, 0.3) is 0 Å².